The maximum atomic E-state index is 13.5. The minimum absolute atomic E-state index is 0.105. The number of rotatable bonds is 5. The first-order valence-corrected chi connectivity index (χ1v) is 9.69. The normalized spacial score (nSPS) is 21.9. The van der Waals surface area contributed by atoms with Gasteiger partial charge in [-0.2, -0.15) is 0 Å². The summed E-state index contributed by atoms with van der Waals surface area (Å²) in [6.07, 6.45) is 0.407. The SMILES string of the molecule is C[C@H](NC(=O)OC(C)(C)C)[C@@H]1COCC[C@@H]1NCc1cc(F)cc(Br)c1. The molecule has 0 aromatic heterocycles. The molecule has 7 heteroatoms. The fourth-order valence-electron chi connectivity index (χ4n) is 3.07. The molecule has 0 aliphatic carbocycles. The molecule has 2 N–H and O–H groups in total. The van der Waals surface area contributed by atoms with Crippen molar-refractivity contribution in [2.45, 2.75) is 58.3 Å². The number of ether oxygens (including phenoxy) is 2. The Morgan fingerprint density at radius 1 is 1.42 bits per heavy atom. The molecule has 0 saturated carbocycles. The summed E-state index contributed by atoms with van der Waals surface area (Å²) >= 11 is 3.32. The van der Waals surface area contributed by atoms with Gasteiger partial charge in [-0.05, 0) is 57.9 Å². The van der Waals surface area contributed by atoms with E-state index in [-0.39, 0.29) is 23.8 Å². The molecule has 1 aliphatic heterocycles. The number of alkyl carbamates (subject to hydrolysis) is 1. The van der Waals surface area contributed by atoms with Gasteiger partial charge in [-0.3, -0.25) is 0 Å². The zero-order chi connectivity index (χ0) is 19.3. The van der Waals surface area contributed by atoms with E-state index in [1.807, 2.05) is 33.8 Å². The van der Waals surface area contributed by atoms with Gasteiger partial charge in [0.25, 0.3) is 0 Å². The van der Waals surface area contributed by atoms with Crippen LogP contribution >= 0.6 is 15.9 Å². The van der Waals surface area contributed by atoms with E-state index in [2.05, 4.69) is 26.6 Å². The molecule has 0 spiro atoms. The van der Waals surface area contributed by atoms with Gasteiger partial charge >= 0.3 is 6.09 Å². The zero-order valence-electron chi connectivity index (χ0n) is 15.8. The standard InChI is InChI=1S/C19H28BrFN2O3/c1-12(23-18(24)26-19(2,3)4)16-11-25-6-5-17(16)22-10-13-7-14(20)9-15(21)8-13/h7-9,12,16-17,22H,5-6,10-11H2,1-4H3,(H,23,24)/t12-,16-,17-/m0/s1. The highest BCUT2D eigenvalue weighted by Gasteiger charge is 2.31. The third-order valence-electron chi connectivity index (χ3n) is 4.28. The Balaban J connectivity index is 1.94. The summed E-state index contributed by atoms with van der Waals surface area (Å²) in [5.74, 6) is -0.159. The van der Waals surface area contributed by atoms with Crippen molar-refractivity contribution < 1.29 is 18.7 Å². The second kappa shape index (κ2) is 9.15. The van der Waals surface area contributed by atoms with Crippen LogP contribution < -0.4 is 10.6 Å². The van der Waals surface area contributed by atoms with E-state index in [0.29, 0.717) is 19.8 Å². The molecule has 1 saturated heterocycles. The Labute approximate surface area is 163 Å². The van der Waals surface area contributed by atoms with E-state index in [0.717, 1.165) is 16.5 Å². The number of amides is 1. The second-order valence-electron chi connectivity index (χ2n) is 7.73. The van der Waals surface area contributed by atoms with E-state index >= 15 is 0 Å². The minimum atomic E-state index is -0.532. The monoisotopic (exact) mass is 430 g/mol. The smallest absolute Gasteiger partial charge is 0.407 e. The van der Waals surface area contributed by atoms with Crippen molar-refractivity contribution in [2.24, 2.45) is 5.92 Å². The van der Waals surface area contributed by atoms with Crippen LogP contribution in [0.1, 0.15) is 39.7 Å². The van der Waals surface area contributed by atoms with Crippen LogP contribution in [0.25, 0.3) is 0 Å². The maximum Gasteiger partial charge on any atom is 0.407 e. The first-order valence-electron chi connectivity index (χ1n) is 8.89. The summed E-state index contributed by atoms with van der Waals surface area (Å²) in [7, 11) is 0. The van der Waals surface area contributed by atoms with Crippen LogP contribution in [-0.2, 0) is 16.0 Å². The third-order valence-corrected chi connectivity index (χ3v) is 4.74. The summed E-state index contributed by atoms with van der Waals surface area (Å²) in [4.78, 5) is 12.0. The Kier molecular flexibility index (Phi) is 7.43. The molecule has 0 bridgehead atoms. The van der Waals surface area contributed by atoms with Crippen LogP contribution in [0.15, 0.2) is 22.7 Å². The van der Waals surface area contributed by atoms with E-state index in [4.69, 9.17) is 9.47 Å². The summed E-state index contributed by atoms with van der Waals surface area (Å²) in [6, 6.07) is 4.91. The lowest BCUT2D eigenvalue weighted by atomic mass is 9.89. The molecule has 1 fully saturated rings. The summed E-state index contributed by atoms with van der Waals surface area (Å²) < 4.78 is 25.2. The van der Waals surface area contributed by atoms with Crippen LogP contribution in [0.2, 0.25) is 0 Å². The van der Waals surface area contributed by atoms with E-state index < -0.39 is 11.7 Å². The molecule has 0 unspecified atom stereocenters. The molecule has 1 aromatic carbocycles. The number of hydrogen-bond acceptors (Lipinski definition) is 4. The predicted octanol–water partition coefficient (Wildman–Crippen LogP) is 4.00. The zero-order valence-corrected chi connectivity index (χ0v) is 17.4. The van der Waals surface area contributed by atoms with Crippen LogP contribution in [-0.4, -0.2) is 37.0 Å². The molecule has 0 radical (unpaired) electrons. The van der Waals surface area contributed by atoms with Crippen molar-refractivity contribution in [3.63, 3.8) is 0 Å². The van der Waals surface area contributed by atoms with Gasteiger partial charge in [0.15, 0.2) is 0 Å². The highest BCUT2D eigenvalue weighted by atomic mass is 79.9. The van der Waals surface area contributed by atoms with Gasteiger partial charge in [0.2, 0.25) is 0 Å². The van der Waals surface area contributed by atoms with E-state index in [9.17, 15) is 9.18 Å². The van der Waals surface area contributed by atoms with Crippen LogP contribution in [0.4, 0.5) is 9.18 Å². The Morgan fingerprint density at radius 2 is 2.15 bits per heavy atom. The molecule has 1 heterocycles. The minimum Gasteiger partial charge on any atom is -0.444 e. The van der Waals surface area contributed by atoms with Crippen molar-refractivity contribution in [1.29, 1.82) is 0 Å². The van der Waals surface area contributed by atoms with Gasteiger partial charge in [0, 0.05) is 35.6 Å². The predicted molar refractivity (Wildman–Crippen MR) is 102 cm³/mol. The van der Waals surface area contributed by atoms with Gasteiger partial charge in [-0.15, -0.1) is 0 Å². The average Bonchev–Trinajstić information content (AvgIpc) is 2.50. The largest absolute Gasteiger partial charge is 0.444 e. The fraction of sp³-hybridized carbons (Fsp3) is 0.632. The van der Waals surface area contributed by atoms with Crippen molar-refractivity contribution in [3.8, 4) is 0 Å². The molecule has 2 rings (SSSR count). The molecule has 146 valence electrons. The fourth-order valence-corrected chi connectivity index (χ4v) is 3.58. The lowest BCUT2D eigenvalue weighted by Gasteiger charge is -2.36. The first-order chi connectivity index (χ1) is 12.1. The van der Waals surface area contributed by atoms with Gasteiger partial charge in [-0.25, -0.2) is 9.18 Å². The number of halogens is 2. The quantitative estimate of drug-likeness (QED) is 0.740. The summed E-state index contributed by atoms with van der Waals surface area (Å²) in [6.45, 7) is 9.24. The molecule has 1 aromatic rings. The molecule has 5 nitrogen and oxygen atoms in total. The van der Waals surface area contributed by atoms with Crippen LogP contribution in [0, 0.1) is 11.7 Å². The van der Waals surface area contributed by atoms with Crippen molar-refractivity contribution >= 4 is 22.0 Å². The van der Waals surface area contributed by atoms with Crippen molar-refractivity contribution in [1.82, 2.24) is 10.6 Å². The summed E-state index contributed by atoms with van der Waals surface area (Å²) in [5, 5.41) is 6.39. The van der Waals surface area contributed by atoms with E-state index in [1.54, 1.807) is 0 Å². The number of nitrogens with one attached hydrogen (secondary N) is 2. The Morgan fingerprint density at radius 3 is 2.81 bits per heavy atom. The number of hydrogen-bond donors (Lipinski definition) is 2. The lowest BCUT2D eigenvalue weighted by molar-refractivity contribution is 0.0122. The Hall–Kier alpha value is -1.18. The molecular weight excluding hydrogens is 403 g/mol. The van der Waals surface area contributed by atoms with Gasteiger partial charge in [-0.1, -0.05) is 15.9 Å². The van der Waals surface area contributed by atoms with Crippen molar-refractivity contribution in [2.75, 3.05) is 13.2 Å². The lowest BCUT2D eigenvalue weighted by Crippen LogP contribution is -2.52. The topological polar surface area (TPSA) is 59.6 Å². The second-order valence-corrected chi connectivity index (χ2v) is 8.64. The maximum absolute atomic E-state index is 13.5. The molecule has 1 amide bonds. The highest BCUT2D eigenvalue weighted by molar-refractivity contribution is 9.10. The van der Waals surface area contributed by atoms with Crippen molar-refractivity contribution in [3.05, 3.63) is 34.1 Å². The Bertz CT molecular complexity index is 601. The molecule has 3 atom stereocenters. The molecule has 1 aliphatic rings. The van der Waals surface area contributed by atoms with E-state index in [1.165, 1.54) is 12.1 Å². The van der Waals surface area contributed by atoms with Gasteiger partial charge in [0.05, 0.1) is 6.61 Å². The van der Waals surface area contributed by atoms with Crippen LogP contribution in [0.3, 0.4) is 0 Å². The summed E-state index contributed by atoms with van der Waals surface area (Å²) in [5.41, 5.74) is 0.338. The molecule has 26 heavy (non-hydrogen) atoms. The third kappa shape index (κ3) is 6.85. The highest BCUT2D eigenvalue weighted by Crippen LogP contribution is 2.21. The van der Waals surface area contributed by atoms with Gasteiger partial charge in [0.1, 0.15) is 11.4 Å². The first kappa shape index (κ1) is 21.1. The van der Waals surface area contributed by atoms with Crippen LogP contribution in [0.5, 0.6) is 0 Å². The van der Waals surface area contributed by atoms with Gasteiger partial charge < -0.3 is 20.1 Å². The average molecular weight is 431 g/mol. The number of carbonyl (C=O) groups is 1. The number of benzene rings is 1. The molecular formula is C19H28BrFN2O3. The number of carbonyl (C=O) groups excluding carboxylic acids is 1.